The standard InChI is InChI=1S/C21H24N2O2/c1-15(2)13-19(17-9-5-4-6-10-17)23-21(24)16(3)25-20-12-8-7-11-18(20)14-22/h4-12,15-16,19H,13H2,1-3H3,(H,23,24). The van der Waals surface area contributed by atoms with Crippen LogP contribution in [0.4, 0.5) is 0 Å². The number of benzene rings is 2. The van der Waals surface area contributed by atoms with Crippen molar-refractivity contribution in [3.63, 3.8) is 0 Å². The lowest BCUT2D eigenvalue weighted by Gasteiger charge is -2.23. The highest BCUT2D eigenvalue weighted by Gasteiger charge is 2.21. The Kier molecular flexibility index (Phi) is 6.59. The number of nitriles is 1. The zero-order valence-electron chi connectivity index (χ0n) is 14.9. The van der Waals surface area contributed by atoms with Crippen molar-refractivity contribution in [1.82, 2.24) is 5.32 Å². The molecule has 130 valence electrons. The van der Waals surface area contributed by atoms with Crippen molar-refractivity contribution in [2.24, 2.45) is 5.92 Å². The summed E-state index contributed by atoms with van der Waals surface area (Å²) in [5.41, 5.74) is 1.50. The van der Waals surface area contributed by atoms with E-state index in [4.69, 9.17) is 10.00 Å². The molecule has 0 aliphatic carbocycles. The molecule has 0 saturated carbocycles. The van der Waals surface area contributed by atoms with Gasteiger partial charge >= 0.3 is 0 Å². The van der Waals surface area contributed by atoms with E-state index < -0.39 is 6.10 Å². The normalized spacial score (nSPS) is 12.9. The minimum absolute atomic E-state index is 0.0639. The molecule has 0 saturated heterocycles. The molecule has 4 nitrogen and oxygen atoms in total. The highest BCUT2D eigenvalue weighted by atomic mass is 16.5. The molecule has 0 radical (unpaired) electrons. The van der Waals surface area contributed by atoms with Gasteiger partial charge in [-0.05, 0) is 37.0 Å². The van der Waals surface area contributed by atoms with Gasteiger partial charge in [-0.15, -0.1) is 0 Å². The van der Waals surface area contributed by atoms with Gasteiger partial charge in [0.05, 0.1) is 11.6 Å². The van der Waals surface area contributed by atoms with Crippen molar-refractivity contribution in [3.05, 3.63) is 65.7 Å². The van der Waals surface area contributed by atoms with Gasteiger partial charge in [-0.2, -0.15) is 5.26 Å². The van der Waals surface area contributed by atoms with Gasteiger partial charge in [-0.1, -0.05) is 56.3 Å². The Morgan fingerprint density at radius 3 is 2.36 bits per heavy atom. The fraction of sp³-hybridized carbons (Fsp3) is 0.333. The Morgan fingerprint density at radius 2 is 1.72 bits per heavy atom. The van der Waals surface area contributed by atoms with E-state index in [0.717, 1.165) is 12.0 Å². The first-order chi connectivity index (χ1) is 12.0. The minimum atomic E-state index is -0.687. The maximum absolute atomic E-state index is 12.6. The number of rotatable bonds is 7. The topological polar surface area (TPSA) is 62.1 Å². The van der Waals surface area contributed by atoms with Gasteiger partial charge in [0.25, 0.3) is 5.91 Å². The molecule has 25 heavy (non-hydrogen) atoms. The van der Waals surface area contributed by atoms with Crippen LogP contribution in [0.3, 0.4) is 0 Å². The number of hydrogen-bond acceptors (Lipinski definition) is 3. The van der Waals surface area contributed by atoms with Crippen LogP contribution in [0.2, 0.25) is 0 Å². The molecule has 0 heterocycles. The van der Waals surface area contributed by atoms with E-state index in [9.17, 15) is 4.79 Å². The van der Waals surface area contributed by atoms with Gasteiger partial charge in [0.15, 0.2) is 6.10 Å². The van der Waals surface area contributed by atoms with Crippen molar-refractivity contribution < 1.29 is 9.53 Å². The Balaban J connectivity index is 2.08. The summed E-state index contributed by atoms with van der Waals surface area (Å²) in [7, 11) is 0. The third-order valence-corrected chi connectivity index (χ3v) is 3.91. The van der Waals surface area contributed by atoms with E-state index in [0.29, 0.717) is 17.2 Å². The Bertz CT molecular complexity index is 735. The van der Waals surface area contributed by atoms with Crippen LogP contribution in [-0.2, 0) is 4.79 Å². The third-order valence-electron chi connectivity index (χ3n) is 3.91. The maximum Gasteiger partial charge on any atom is 0.261 e. The van der Waals surface area contributed by atoms with Crippen LogP contribution in [0.1, 0.15) is 44.4 Å². The fourth-order valence-electron chi connectivity index (χ4n) is 2.63. The molecule has 1 amide bonds. The molecule has 0 aromatic heterocycles. The second-order valence-electron chi connectivity index (χ2n) is 6.47. The van der Waals surface area contributed by atoms with Crippen molar-refractivity contribution in [1.29, 1.82) is 5.26 Å². The van der Waals surface area contributed by atoms with Gasteiger partial charge in [0.2, 0.25) is 0 Å². The quantitative estimate of drug-likeness (QED) is 0.823. The number of nitrogens with one attached hydrogen (secondary N) is 1. The summed E-state index contributed by atoms with van der Waals surface area (Å²) in [5, 5.41) is 12.2. The summed E-state index contributed by atoms with van der Waals surface area (Å²) in [6.07, 6.45) is 0.157. The molecule has 4 heteroatoms. The molecule has 0 bridgehead atoms. The van der Waals surface area contributed by atoms with Crippen molar-refractivity contribution >= 4 is 5.91 Å². The van der Waals surface area contributed by atoms with E-state index >= 15 is 0 Å². The first-order valence-electron chi connectivity index (χ1n) is 8.52. The van der Waals surface area contributed by atoms with E-state index in [1.54, 1.807) is 31.2 Å². The molecule has 0 fully saturated rings. The molecule has 1 N–H and O–H groups in total. The van der Waals surface area contributed by atoms with E-state index in [-0.39, 0.29) is 11.9 Å². The van der Waals surface area contributed by atoms with Crippen molar-refractivity contribution in [3.8, 4) is 11.8 Å². The number of carbonyl (C=O) groups is 1. The lowest BCUT2D eigenvalue weighted by molar-refractivity contribution is -0.128. The molecule has 2 rings (SSSR count). The second-order valence-corrected chi connectivity index (χ2v) is 6.47. The smallest absolute Gasteiger partial charge is 0.261 e. The summed E-state index contributed by atoms with van der Waals surface area (Å²) < 4.78 is 5.71. The molecule has 2 aromatic carbocycles. The van der Waals surface area contributed by atoms with E-state index in [1.807, 2.05) is 30.3 Å². The first-order valence-corrected chi connectivity index (χ1v) is 8.52. The lowest BCUT2D eigenvalue weighted by Crippen LogP contribution is -2.39. The molecule has 2 unspecified atom stereocenters. The zero-order chi connectivity index (χ0) is 18.2. The minimum Gasteiger partial charge on any atom is -0.480 e. The van der Waals surface area contributed by atoms with Crippen molar-refractivity contribution in [2.45, 2.75) is 39.3 Å². The molecule has 0 aliphatic heterocycles. The molecule has 0 aliphatic rings. The Hall–Kier alpha value is -2.80. The van der Waals surface area contributed by atoms with Gasteiger partial charge < -0.3 is 10.1 Å². The van der Waals surface area contributed by atoms with Crippen LogP contribution >= 0.6 is 0 Å². The Morgan fingerprint density at radius 1 is 1.08 bits per heavy atom. The van der Waals surface area contributed by atoms with Crippen LogP contribution in [0.15, 0.2) is 54.6 Å². The second kappa shape index (κ2) is 8.89. The van der Waals surface area contributed by atoms with Crippen LogP contribution in [-0.4, -0.2) is 12.0 Å². The molecule has 2 atom stereocenters. The predicted molar refractivity (Wildman–Crippen MR) is 98.0 cm³/mol. The van der Waals surface area contributed by atoms with Crippen LogP contribution in [0.5, 0.6) is 5.75 Å². The summed E-state index contributed by atoms with van der Waals surface area (Å²) in [4.78, 5) is 12.6. The number of nitrogens with zero attached hydrogens (tertiary/aromatic N) is 1. The molecule has 2 aromatic rings. The average Bonchev–Trinajstić information content (AvgIpc) is 2.62. The average molecular weight is 336 g/mol. The van der Waals surface area contributed by atoms with Gasteiger partial charge in [0.1, 0.15) is 11.8 Å². The largest absolute Gasteiger partial charge is 0.480 e. The molecule has 0 spiro atoms. The third kappa shape index (κ3) is 5.36. The number of ether oxygens (including phenoxy) is 1. The number of hydrogen-bond donors (Lipinski definition) is 1. The summed E-state index contributed by atoms with van der Waals surface area (Å²) >= 11 is 0. The van der Waals surface area contributed by atoms with Crippen molar-refractivity contribution in [2.75, 3.05) is 0 Å². The number of carbonyl (C=O) groups excluding carboxylic acids is 1. The summed E-state index contributed by atoms with van der Waals surface area (Å²) in [5.74, 6) is 0.677. The Labute approximate surface area is 149 Å². The van der Waals surface area contributed by atoms with Gasteiger partial charge in [0, 0.05) is 0 Å². The predicted octanol–water partition coefficient (Wildman–Crippen LogP) is 4.23. The number of amides is 1. The lowest BCUT2D eigenvalue weighted by atomic mass is 9.97. The SMILES string of the molecule is CC(C)CC(NC(=O)C(C)Oc1ccccc1C#N)c1ccccc1. The fourth-order valence-corrected chi connectivity index (χ4v) is 2.63. The highest BCUT2D eigenvalue weighted by Crippen LogP contribution is 2.22. The van der Waals surface area contributed by atoms with Gasteiger partial charge in [-0.25, -0.2) is 0 Å². The van der Waals surface area contributed by atoms with E-state index in [1.165, 1.54) is 0 Å². The summed E-state index contributed by atoms with van der Waals surface area (Å²) in [6, 6.07) is 18.9. The molecular weight excluding hydrogens is 312 g/mol. The van der Waals surface area contributed by atoms with Crippen LogP contribution < -0.4 is 10.1 Å². The summed E-state index contributed by atoms with van der Waals surface area (Å²) in [6.45, 7) is 5.96. The monoisotopic (exact) mass is 336 g/mol. The zero-order valence-corrected chi connectivity index (χ0v) is 14.9. The highest BCUT2D eigenvalue weighted by molar-refractivity contribution is 5.81. The first kappa shape index (κ1) is 18.5. The van der Waals surface area contributed by atoms with Gasteiger partial charge in [-0.3, -0.25) is 4.79 Å². The van der Waals surface area contributed by atoms with E-state index in [2.05, 4.69) is 25.2 Å². The van der Waals surface area contributed by atoms with Crippen LogP contribution in [0.25, 0.3) is 0 Å². The molecular formula is C21H24N2O2. The maximum atomic E-state index is 12.6. The number of para-hydroxylation sites is 1. The van der Waals surface area contributed by atoms with Crippen LogP contribution in [0, 0.1) is 17.2 Å².